The SMILES string of the molecule is O=C1/C(=C\c2ccccc2OCc2ccccc2F)SC(=S)N1c1ccc2c(c1)OCO2. The lowest BCUT2D eigenvalue weighted by Crippen LogP contribution is -2.27. The molecule has 0 saturated carbocycles. The summed E-state index contributed by atoms with van der Waals surface area (Å²) >= 11 is 6.68. The van der Waals surface area contributed by atoms with E-state index in [1.54, 1.807) is 48.5 Å². The van der Waals surface area contributed by atoms with E-state index < -0.39 is 0 Å². The number of thiocarbonyl (C=S) groups is 1. The highest BCUT2D eigenvalue weighted by molar-refractivity contribution is 8.27. The second-order valence-electron chi connectivity index (χ2n) is 6.97. The molecule has 1 fully saturated rings. The van der Waals surface area contributed by atoms with Crippen LogP contribution >= 0.6 is 24.0 Å². The zero-order valence-corrected chi connectivity index (χ0v) is 18.3. The zero-order valence-electron chi connectivity index (χ0n) is 16.6. The maximum Gasteiger partial charge on any atom is 0.270 e. The van der Waals surface area contributed by atoms with Crippen molar-refractivity contribution in [3.05, 3.63) is 88.6 Å². The second kappa shape index (κ2) is 8.64. The molecule has 0 unspecified atom stereocenters. The predicted octanol–water partition coefficient (Wildman–Crippen LogP) is 5.54. The number of carbonyl (C=O) groups excluding carboxylic acids is 1. The fourth-order valence-corrected chi connectivity index (χ4v) is 4.65. The van der Waals surface area contributed by atoms with Crippen LogP contribution in [0.1, 0.15) is 11.1 Å². The lowest BCUT2D eigenvalue weighted by molar-refractivity contribution is -0.113. The monoisotopic (exact) mass is 465 g/mol. The number of carbonyl (C=O) groups is 1. The van der Waals surface area contributed by atoms with E-state index in [0.717, 1.165) is 0 Å². The van der Waals surface area contributed by atoms with Crippen LogP contribution in [0.3, 0.4) is 0 Å². The Hall–Kier alpha value is -3.36. The van der Waals surface area contributed by atoms with Gasteiger partial charge in [-0.1, -0.05) is 60.4 Å². The van der Waals surface area contributed by atoms with Crippen molar-refractivity contribution < 1.29 is 23.4 Å². The molecular formula is C24H16FNO4S2. The molecule has 1 saturated heterocycles. The van der Waals surface area contributed by atoms with E-state index in [0.29, 0.717) is 43.3 Å². The lowest BCUT2D eigenvalue weighted by Gasteiger charge is -2.15. The van der Waals surface area contributed by atoms with Gasteiger partial charge in [-0.25, -0.2) is 4.39 Å². The Kier molecular flexibility index (Phi) is 5.55. The van der Waals surface area contributed by atoms with Crippen molar-refractivity contribution in [2.24, 2.45) is 0 Å². The van der Waals surface area contributed by atoms with Crippen molar-refractivity contribution >= 4 is 46.0 Å². The molecule has 160 valence electrons. The van der Waals surface area contributed by atoms with Gasteiger partial charge in [0.25, 0.3) is 5.91 Å². The molecule has 0 bridgehead atoms. The third kappa shape index (κ3) is 3.94. The quantitative estimate of drug-likeness (QED) is 0.364. The van der Waals surface area contributed by atoms with Crippen LogP contribution in [0.5, 0.6) is 17.2 Å². The molecule has 0 N–H and O–H groups in total. The number of halogens is 1. The molecule has 0 spiro atoms. The van der Waals surface area contributed by atoms with Crippen molar-refractivity contribution in [1.82, 2.24) is 0 Å². The van der Waals surface area contributed by atoms with E-state index >= 15 is 0 Å². The molecule has 2 heterocycles. The Morgan fingerprint density at radius 2 is 1.84 bits per heavy atom. The van der Waals surface area contributed by atoms with Gasteiger partial charge in [0, 0.05) is 17.2 Å². The maximum absolute atomic E-state index is 13.9. The maximum atomic E-state index is 13.9. The summed E-state index contributed by atoms with van der Waals surface area (Å²) in [7, 11) is 0. The Morgan fingerprint density at radius 1 is 1.06 bits per heavy atom. The number of thioether (sulfide) groups is 1. The number of ether oxygens (including phenoxy) is 3. The molecule has 0 aromatic heterocycles. The molecule has 1 amide bonds. The highest BCUT2D eigenvalue weighted by Gasteiger charge is 2.34. The third-order valence-electron chi connectivity index (χ3n) is 4.95. The lowest BCUT2D eigenvalue weighted by atomic mass is 10.1. The van der Waals surface area contributed by atoms with E-state index in [4.69, 9.17) is 26.4 Å². The molecule has 5 rings (SSSR count). The minimum atomic E-state index is -0.324. The molecule has 0 aliphatic carbocycles. The average Bonchev–Trinajstić information content (AvgIpc) is 3.37. The Bertz CT molecular complexity index is 1260. The molecule has 0 atom stereocenters. The highest BCUT2D eigenvalue weighted by atomic mass is 32.2. The van der Waals surface area contributed by atoms with Gasteiger partial charge < -0.3 is 14.2 Å². The first-order valence-electron chi connectivity index (χ1n) is 9.73. The minimum Gasteiger partial charge on any atom is -0.488 e. The van der Waals surface area contributed by atoms with Gasteiger partial charge in [0.2, 0.25) is 6.79 Å². The summed E-state index contributed by atoms with van der Waals surface area (Å²) in [6.45, 7) is 0.233. The Morgan fingerprint density at radius 3 is 2.72 bits per heavy atom. The van der Waals surface area contributed by atoms with Gasteiger partial charge in [0.15, 0.2) is 15.8 Å². The summed E-state index contributed by atoms with van der Waals surface area (Å²) in [4.78, 5) is 15.1. The van der Waals surface area contributed by atoms with Crippen molar-refractivity contribution in [3.8, 4) is 17.2 Å². The summed E-state index contributed by atoms with van der Waals surface area (Å²) in [5.74, 6) is 1.20. The number of anilines is 1. The number of hydrogen-bond acceptors (Lipinski definition) is 6. The molecule has 3 aromatic carbocycles. The predicted molar refractivity (Wildman–Crippen MR) is 125 cm³/mol. The van der Waals surface area contributed by atoms with Crippen molar-refractivity contribution in [2.45, 2.75) is 6.61 Å². The van der Waals surface area contributed by atoms with Crippen LogP contribution in [0.2, 0.25) is 0 Å². The van der Waals surface area contributed by atoms with Crippen LogP contribution in [0.25, 0.3) is 6.08 Å². The van der Waals surface area contributed by atoms with Gasteiger partial charge in [0.05, 0.1) is 10.6 Å². The number of amides is 1. The Labute approximate surface area is 193 Å². The number of nitrogens with zero attached hydrogens (tertiary/aromatic N) is 1. The number of fused-ring (bicyclic) bond motifs is 1. The van der Waals surface area contributed by atoms with Crippen molar-refractivity contribution in [3.63, 3.8) is 0 Å². The van der Waals surface area contributed by atoms with Crippen LogP contribution in [0.4, 0.5) is 10.1 Å². The van der Waals surface area contributed by atoms with Crippen LogP contribution in [-0.4, -0.2) is 17.0 Å². The number of para-hydroxylation sites is 1. The number of benzene rings is 3. The topological polar surface area (TPSA) is 48.0 Å². The first-order chi connectivity index (χ1) is 15.6. The summed E-state index contributed by atoms with van der Waals surface area (Å²) in [6.07, 6.45) is 1.74. The largest absolute Gasteiger partial charge is 0.488 e. The summed E-state index contributed by atoms with van der Waals surface area (Å²) in [6, 6.07) is 19.0. The molecular weight excluding hydrogens is 449 g/mol. The van der Waals surface area contributed by atoms with Crippen LogP contribution in [0, 0.1) is 5.82 Å². The van der Waals surface area contributed by atoms with Gasteiger partial charge in [-0.15, -0.1) is 0 Å². The summed E-state index contributed by atoms with van der Waals surface area (Å²) in [5, 5.41) is 0. The fraction of sp³-hybridized carbons (Fsp3) is 0.0833. The van der Waals surface area contributed by atoms with Crippen LogP contribution in [0.15, 0.2) is 71.6 Å². The fourth-order valence-electron chi connectivity index (χ4n) is 3.36. The molecule has 2 aliphatic rings. The molecule has 32 heavy (non-hydrogen) atoms. The van der Waals surface area contributed by atoms with Crippen molar-refractivity contribution in [1.29, 1.82) is 0 Å². The van der Waals surface area contributed by atoms with Crippen LogP contribution < -0.4 is 19.1 Å². The van der Waals surface area contributed by atoms with Crippen LogP contribution in [-0.2, 0) is 11.4 Å². The highest BCUT2D eigenvalue weighted by Crippen LogP contribution is 2.41. The smallest absolute Gasteiger partial charge is 0.270 e. The van der Waals surface area contributed by atoms with E-state index in [-0.39, 0.29) is 25.1 Å². The molecule has 0 radical (unpaired) electrons. The summed E-state index contributed by atoms with van der Waals surface area (Å²) in [5.41, 5.74) is 1.77. The van der Waals surface area contributed by atoms with E-state index in [1.807, 2.05) is 18.2 Å². The van der Waals surface area contributed by atoms with Gasteiger partial charge in [-0.05, 0) is 30.3 Å². The average molecular weight is 466 g/mol. The molecule has 8 heteroatoms. The van der Waals surface area contributed by atoms with E-state index in [9.17, 15) is 9.18 Å². The first-order valence-corrected chi connectivity index (χ1v) is 11.0. The van der Waals surface area contributed by atoms with Gasteiger partial charge in [-0.3, -0.25) is 9.69 Å². The van der Waals surface area contributed by atoms with E-state index in [2.05, 4.69) is 0 Å². The van der Waals surface area contributed by atoms with E-state index in [1.165, 1.54) is 22.7 Å². The second-order valence-corrected chi connectivity index (χ2v) is 8.65. The number of rotatable bonds is 5. The zero-order chi connectivity index (χ0) is 22.1. The molecule has 3 aromatic rings. The normalized spacial score (nSPS) is 16.2. The minimum absolute atomic E-state index is 0.0791. The third-order valence-corrected chi connectivity index (χ3v) is 6.26. The molecule has 2 aliphatic heterocycles. The van der Waals surface area contributed by atoms with Crippen molar-refractivity contribution in [2.75, 3.05) is 11.7 Å². The summed E-state index contributed by atoms with van der Waals surface area (Å²) < 4.78 is 30.9. The van der Waals surface area contributed by atoms with Gasteiger partial charge >= 0.3 is 0 Å². The first kappa shape index (κ1) is 20.5. The molecule has 5 nitrogen and oxygen atoms in total. The standard InChI is InChI=1S/C24H16FNO4S2/c25-18-7-3-1-6-16(18)13-28-19-8-4-2-5-15(19)11-22-23(27)26(24(31)32-22)17-9-10-20-21(12-17)30-14-29-20/h1-12H,13-14H2/b22-11+. The number of hydrogen-bond donors (Lipinski definition) is 0. The van der Waals surface area contributed by atoms with Gasteiger partial charge in [0.1, 0.15) is 18.2 Å². The van der Waals surface area contributed by atoms with Gasteiger partial charge in [-0.2, -0.15) is 0 Å². The Balaban J connectivity index is 1.39.